The zero-order chi connectivity index (χ0) is 12.4. The number of rotatable bonds is 3. The summed E-state index contributed by atoms with van der Waals surface area (Å²) >= 11 is 5.84. The molecule has 0 fully saturated rings. The molecule has 1 aromatic carbocycles. The van der Waals surface area contributed by atoms with Crippen molar-refractivity contribution in [2.75, 3.05) is 5.32 Å². The van der Waals surface area contributed by atoms with Gasteiger partial charge in [-0.3, -0.25) is 0 Å². The maximum Gasteiger partial charge on any atom is 0.131 e. The average molecular weight is 258 g/mol. The molecule has 0 aliphatic heterocycles. The number of pyridine rings is 1. The van der Waals surface area contributed by atoms with Crippen LogP contribution in [0.5, 0.6) is 0 Å². The minimum absolute atomic E-state index is 0.499. The topological polar surface area (TPSA) is 40.7 Å². The molecule has 4 heteroatoms. The standard InChI is InChI=1S/C14H12ClN3/c15-13-6-3-7-14(18-13)17-9-10-8-16-12-5-2-1-4-11(10)12/h1-8,16H,9H2,(H,17,18). The van der Waals surface area contributed by atoms with Gasteiger partial charge in [-0.2, -0.15) is 0 Å². The van der Waals surface area contributed by atoms with Crippen LogP contribution in [0.4, 0.5) is 5.82 Å². The molecule has 18 heavy (non-hydrogen) atoms. The summed E-state index contributed by atoms with van der Waals surface area (Å²) in [6, 6.07) is 13.8. The van der Waals surface area contributed by atoms with E-state index >= 15 is 0 Å². The highest BCUT2D eigenvalue weighted by atomic mass is 35.5. The first kappa shape index (κ1) is 11.1. The van der Waals surface area contributed by atoms with Crippen molar-refractivity contribution in [1.29, 1.82) is 0 Å². The molecule has 2 aromatic heterocycles. The zero-order valence-electron chi connectivity index (χ0n) is 9.65. The number of H-pyrrole nitrogens is 1. The number of nitrogens with one attached hydrogen (secondary N) is 2. The van der Waals surface area contributed by atoms with Crippen LogP contribution in [0.2, 0.25) is 5.15 Å². The molecule has 0 saturated heterocycles. The Morgan fingerprint density at radius 1 is 1.11 bits per heavy atom. The first-order valence-corrected chi connectivity index (χ1v) is 6.12. The highest BCUT2D eigenvalue weighted by Crippen LogP contribution is 2.19. The second-order valence-electron chi connectivity index (χ2n) is 4.06. The molecule has 0 aliphatic carbocycles. The molecule has 2 heterocycles. The molecular formula is C14H12ClN3. The van der Waals surface area contributed by atoms with E-state index in [4.69, 9.17) is 11.6 Å². The largest absolute Gasteiger partial charge is 0.366 e. The lowest BCUT2D eigenvalue weighted by molar-refractivity contribution is 1.12. The van der Waals surface area contributed by atoms with Gasteiger partial charge in [0.2, 0.25) is 0 Å². The minimum Gasteiger partial charge on any atom is -0.366 e. The summed E-state index contributed by atoms with van der Waals surface area (Å²) in [4.78, 5) is 7.45. The number of halogens is 1. The van der Waals surface area contributed by atoms with Gasteiger partial charge in [-0.1, -0.05) is 35.9 Å². The number of anilines is 1. The van der Waals surface area contributed by atoms with E-state index in [1.807, 2.05) is 30.5 Å². The number of aromatic nitrogens is 2. The van der Waals surface area contributed by atoms with Gasteiger partial charge >= 0.3 is 0 Å². The van der Waals surface area contributed by atoms with E-state index in [2.05, 4.69) is 27.4 Å². The Hall–Kier alpha value is -2.00. The maximum atomic E-state index is 5.84. The van der Waals surface area contributed by atoms with Crippen LogP contribution < -0.4 is 5.32 Å². The Kier molecular flexibility index (Phi) is 2.90. The fourth-order valence-electron chi connectivity index (χ4n) is 1.97. The van der Waals surface area contributed by atoms with Gasteiger partial charge in [0.05, 0.1) is 0 Å². The molecule has 3 aromatic rings. The smallest absolute Gasteiger partial charge is 0.131 e. The summed E-state index contributed by atoms with van der Waals surface area (Å²) in [7, 11) is 0. The van der Waals surface area contributed by atoms with Crippen molar-refractivity contribution in [2.24, 2.45) is 0 Å². The molecule has 90 valence electrons. The van der Waals surface area contributed by atoms with E-state index < -0.39 is 0 Å². The first-order valence-electron chi connectivity index (χ1n) is 5.74. The molecule has 0 aliphatic rings. The van der Waals surface area contributed by atoms with Gasteiger partial charge < -0.3 is 10.3 Å². The number of nitrogens with zero attached hydrogens (tertiary/aromatic N) is 1. The average Bonchev–Trinajstić information content (AvgIpc) is 2.80. The van der Waals surface area contributed by atoms with Gasteiger partial charge in [0.25, 0.3) is 0 Å². The number of hydrogen-bond acceptors (Lipinski definition) is 2. The molecule has 0 atom stereocenters. The molecule has 2 N–H and O–H groups in total. The third kappa shape index (κ3) is 2.17. The lowest BCUT2D eigenvalue weighted by atomic mass is 10.2. The minimum atomic E-state index is 0.499. The van der Waals surface area contributed by atoms with Crippen molar-refractivity contribution in [3.05, 3.63) is 59.4 Å². The summed E-state index contributed by atoms with van der Waals surface area (Å²) in [6.45, 7) is 0.720. The number of para-hydroxylation sites is 1. The van der Waals surface area contributed by atoms with Gasteiger partial charge in [-0.25, -0.2) is 4.98 Å². The Balaban J connectivity index is 1.81. The second kappa shape index (κ2) is 4.70. The van der Waals surface area contributed by atoms with Crippen molar-refractivity contribution in [3.63, 3.8) is 0 Å². The van der Waals surface area contributed by atoms with Gasteiger partial charge in [-0.05, 0) is 23.8 Å². The molecular weight excluding hydrogens is 246 g/mol. The Labute approximate surface area is 110 Å². The predicted octanol–water partition coefficient (Wildman–Crippen LogP) is 3.83. The van der Waals surface area contributed by atoms with Crippen molar-refractivity contribution < 1.29 is 0 Å². The number of benzene rings is 1. The molecule has 0 bridgehead atoms. The van der Waals surface area contributed by atoms with E-state index in [1.165, 1.54) is 10.9 Å². The quantitative estimate of drug-likeness (QED) is 0.700. The monoisotopic (exact) mass is 257 g/mol. The van der Waals surface area contributed by atoms with Gasteiger partial charge in [0.15, 0.2) is 0 Å². The number of aromatic amines is 1. The molecule has 3 nitrogen and oxygen atoms in total. The lowest BCUT2D eigenvalue weighted by Crippen LogP contribution is -2.00. The summed E-state index contributed by atoms with van der Waals surface area (Å²) in [6.07, 6.45) is 2.02. The molecule has 0 amide bonds. The molecule has 3 rings (SSSR count). The Morgan fingerprint density at radius 3 is 2.89 bits per heavy atom. The highest BCUT2D eigenvalue weighted by molar-refractivity contribution is 6.29. The molecule has 0 radical (unpaired) electrons. The molecule has 0 saturated carbocycles. The summed E-state index contributed by atoms with van der Waals surface area (Å²) in [5.74, 6) is 0.785. The molecule has 0 spiro atoms. The Morgan fingerprint density at radius 2 is 2.00 bits per heavy atom. The zero-order valence-corrected chi connectivity index (χ0v) is 10.4. The van der Waals surface area contributed by atoms with Gasteiger partial charge in [-0.15, -0.1) is 0 Å². The highest BCUT2D eigenvalue weighted by Gasteiger charge is 2.02. The van der Waals surface area contributed by atoms with Crippen molar-refractivity contribution in [1.82, 2.24) is 9.97 Å². The van der Waals surface area contributed by atoms with Crippen LogP contribution in [0.15, 0.2) is 48.7 Å². The van der Waals surface area contributed by atoms with Crippen LogP contribution in [0.1, 0.15) is 5.56 Å². The van der Waals surface area contributed by atoms with Crippen molar-refractivity contribution in [3.8, 4) is 0 Å². The van der Waals surface area contributed by atoms with E-state index in [9.17, 15) is 0 Å². The van der Waals surface area contributed by atoms with E-state index in [1.54, 1.807) is 6.07 Å². The Bertz CT molecular complexity index is 675. The van der Waals surface area contributed by atoms with Crippen LogP contribution in [-0.2, 0) is 6.54 Å². The van der Waals surface area contributed by atoms with Crippen LogP contribution in [0.3, 0.4) is 0 Å². The van der Waals surface area contributed by atoms with E-state index in [0.29, 0.717) is 5.15 Å². The molecule has 0 unspecified atom stereocenters. The lowest BCUT2D eigenvalue weighted by Gasteiger charge is -2.04. The number of hydrogen-bond donors (Lipinski definition) is 2. The fourth-order valence-corrected chi connectivity index (χ4v) is 2.13. The third-order valence-corrected chi connectivity index (χ3v) is 3.06. The third-order valence-electron chi connectivity index (χ3n) is 2.85. The van der Waals surface area contributed by atoms with Crippen molar-refractivity contribution in [2.45, 2.75) is 6.54 Å². The van der Waals surface area contributed by atoms with E-state index in [-0.39, 0.29) is 0 Å². The van der Waals surface area contributed by atoms with Crippen LogP contribution in [0.25, 0.3) is 10.9 Å². The number of fused-ring (bicyclic) bond motifs is 1. The second-order valence-corrected chi connectivity index (χ2v) is 4.45. The summed E-state index contributed by atoms with van der Waals surface area (Å²) in [5.41, 5.74) is 2.36. The van der Waals surface area contributed by atoms with Crippen LogP contribution in [-0.4, -0.2) is 9.97 Å². The predicted molar refractivity (Wildman–Crippen MR) is 74.9 cm³/mol. The fraction of sp³-hybridized carbons (Fsp3) is 0.0714. The SMILES string of the molecule is Clc1cccc(NCc2c[nH]c3ccccc23)n1. The van der Waals surface area contributed by atoms with Crippen LogP contribution >= 0.6 is 11.6 Å². The summed E-state index contributed by atoms with van der Waals surface area (Å²) in [5, 5.41) is 4.99. The van der Waals surface area contributed by atoms with Gasteiger partial charge in [0, 0.05) is 23.6 Å². The summed E-state index contributed by atoms with van der Waals surface area (Å²) < 4.78 is 0. The van der Waals surface area contributed by atoms with Crippen molar-refractivity contribution >= 4 is 28.3 Å². The first-order chi connectivity index (χ1) is 8.83. The maximum absolute atomic E-state index is 5.84. The van der Waals surface area contributed by atoms with Crippen LogP contribution in [0, 0.1) is 0 Å². The van der Waals surface area contributed by atoms with Gasteiger partial charge in [0.1, 0.15) is 11.0 Å². The van der Waals surface area contributed by atoms with E-state index in [0.717, 1.165) is 17.9 Å². The normalized spacial score (nSPS) is 10.7.